The lowest BCUT2D eigenvalue weighted by atomic mass is 10.1. The molecule has 0 amide bonds. The Morgan fingerprint density at radius 2 is 1.38 bits per heavy atom. The van der Waals surface area contributed by atoms with Crippen LogP contribution in [0.3, 0.4) is 0 Å². The normalized spacial score (nSPS) is 28.9. The van der Waals surface area contributed by atoms with Crippen molar-refractivity contribution < 1.29 is 47.5 Å². The molecule has 0 saturated carbocycles. The van der Waals surface area contributed by atoms with Crippen molar-refractivity contribution in [3.05, 3.63) is 25.3 Å². The van der Waals surface area contributed by atoms with E-state index in [1.807, 2.05) is 0 Å². The minimum Gasteiger partial charge on any atom is -0.780 e. The number of nitrogens with zero attached hydrogens (tertiary/aromatic N) is 8. The first kappa shape index (κ1) is 34.8. The van der Waals surface area contributed by atoms with Crippen LogP contribution in [0.4, 0.5) is 11.6 Å². The van der Waals surface area contributed by atoms with E-state index in [0.29, 0.717) is 22.3 Å². The Labute approximate surface area is 278 Å². The maximum atomic E-state index is 13.7. The van der Waals surface area contributed by atoms with E-state index in [2.05, 4.69) is 29.9 Å². The molecule has 2 fully saturated rings. The molecule has 0 aromatic carbocycles. The summed E-state index contributed by atoms with van der Waals surface area (Å²) in [4.78, 5) is 38.7. The summed E-state index contributed by atoms with van der Waals surface area (Å²) >= 11 is 5.32. The second-order valence-electron chi connectivity index (χ2n) is 10.9. The van der Waals surface area contributed by atoms with Gasteiger partial charge in [0.2, 0.25) is 0 Å². The fraction of sp³-hybridized carbons (Fsp3) is 0.615. The number of ether oxygens (including phenoxy) is 6. The molecule has 5 N–H and O–H groups in total. The average Bonchev–Trinajstić information content (AvgIpc) is 3.82. The standard InChI is InChI=1S/C26H37N10O10PS/c1-13-18(20(42-7-5-40-3)26(44-13)36-12-34-16-22(28)30-10-32-24(16)36)46-47(38,48)43-8-14-17(37)19(41-6-4-39-2)25(45-14)35-11-33-15-21(27)29-9-31-23(15)35/h9-14,17-20,25-26,37H,4-8H2,1-3H3,(H,38,48)(H2,27,29,31)(H2,28,30,32)/p-1/t13-,14-,17?,18?,19+,20+,25-,26-,47?/m1/s1. The molecule has 0 bridgehead atoms. The number of anilines is 2. The number of aromatic nitrogens is 8. The fourth-order valence-corrected chi connectivity index (χ4v) is 7.06. The van der Waals surface area contributed by atoms with Crippen LogP contribution in [0.2, 0.25) is 0 Å². The molecule has 2 saturated heterocycles. The first-order valence-electron chi connectivity index (χ1n) is 14.8. The molecule has 6 heterocycles. The van der Waals surface area contributed by atoms with E-state index in [1.165, 1.54) is 39.5 Å². The van der Waals surface area contributed by atoms with Gasteiger partial charge in [0.25, 0.3) is 0 Å². The first-order valence-corrected chi connectivity index (χ1v) is 17.4. The smallest absolute Gasteiger partial charge is 0.167 e. The minimum atomic E-state index is -4.25. The molecule has 9 atom stereocenters. The Morgan fingerprint density at radius 1 is 0.833 bits per heavy atom. The van der Waals surface area contributed by atoms with Crippen LogP contribution < -0.4 is 16.4 Å². The van der Waals surface area contributed by atoms with Gasteiger partial charge in [-0.3, -0.25) is 9.13 Å². The number of rotatable bonds is 15. The molecular formula is C26H36N10O10PS-. The molecule has 0 spiro atoms. The number of aliphatic hydroxyl groups excluding tert-OH is 1. The molecule has 262 valence electrons. The fourth-order valence-electron chi connectivity index (χ4n) is 5.60. The summed E-state index contributed by atoms with van der Waals surface area (Å²) in [6.45, 7) is -2.10. The van der Waals surface area contributed by atoms with E-state index in [1.54, 1.807) is 16.1 Å². The summed E-state index contributed by atoms with van der Waals surface area (Å²) in [5.41, 5.74) is 13.4. The number of methoxy groups -OCH3 is 2. The Balaban J connectivity index is 1.18. The summed E-state index contributed by atoms with van der Waals surface area (Å²) in [6.07, 6.45) is -1.86. The molecule has 2 aliphatic heterocycles. The summed E-state index contributed by atoms with van der Waals surface area (Å²) in [6, 6.07) is 0. The number of imidazole rings is 2. The molecule has 3 unspecified atom stereocenters. The summed E-state index contributed by atoms with van der Waals surface area (Å²) in [5.74, 6) is 0.371. The van der Waals surface area contributed by atoms with Crippen LogP contribution in [-0.2, 0) is 49.3 Å². The molecule has 0 aliphatic carbocycles. The second kappa shape index (κ2) is 14.8. The number of hydrogen-bond acceptors (Lipinski definition) is 19. The van der Waals surface area contributed by atoms with Gasteiger partial charge >= 0.3 is 0 Å². The lowest BCUT2D eigenvalue weighted by Crippen LogP contribution is -2.38. The van der Waals surface area contributed by atoms with Crippen LogP contribution in [0, 0.1) is 0 Å². The molecule has 2 aliphatic rings. The van der Waals surface area contributed by atoms with E-state index < -0.39 is 62.4 Å². The van der Waals surface area contributed by atoms with Crippen LogP contribution in [-0.4, -0.2) is 128 Å². The van der Waals surface area contributed by atoms with Crippen molar-refractivity contribution in [3.63, 3.8) is 0 Å². The number of aliphatic hydroxyl groups is 1. The van der Waals surface area contributed by atoms with Gasteiger partial charge in [-0.2, -0.15) is 0 Å². The summed E-state index contributed by atoms with van der Waals surface area (Å²) in [5, 5.41) is 11.3. The van der Waals surface area contributed by atoms with Crippen molar-refractivity contribution in [2.24, 2.45) is 0 Å². The van der Waals surface area contributed by atoms with Crippen molar-refractivity contribution >= 4 is 52.5 Å². The van der Waals surface area contributed by atoms with Gasteiger partial charge < -0.3 is 58.9 Å². The lowest BCUT2D eigenvalue weighted by Gasteiger charge is -2.34. The molecule has 4 aromatic rings. The van der Waals surface area contributed by atoms with Crippen LogP contribution in [0.1, 0.15) is 19.4 Å². The minimum absolute atomic E-state index is 0.147. The molecule has 48 heavy (non-hydrogen) atoms. The van der Waals surface area contributed by atoms with E-state index in [4.69, 9.17) is 60.7 Å². The average molecular weight is 712 g/mol. The number of nitrogen functional groups attached to an aromatic ring is 2. The number of hydrogen-bond donors (Lipinski definition) is 3. The highest BCUT2D eigenvalue weighted by Gasteiger charge is 2.49. The predicted octanol–water partition coefficient (Wildman–Crippen LogP) is -0.944. The van der Waals surface area contributed by atoms with E-state index in [9.17, 15) is 10.00 Å². The monoisotopic (exact) mass is 711 g/mol. The van der Waals surface area contributed by atoms with E-state index in [0.717, 1.165) is 0 Å². The van der Waals surface area contributed by atoms with Crippen molar-refractivity contribution in [1.82, 2.24) is 39.0 Å². The van der Waals surface area contributed by atoms with Crippen molar-refractivity contribution in [3.8, 4) is 0 Å². The van der Waals surface area contributed by atoms with Crippen LogP contribution in [0.25, 0.3) is 22.3 Å². The largest absolute Gasteiger partial charge is 0.780 e. The number of fused-ring (bicyclic) bond motifs is 2. The molecular weight excluding hydrogens is 675 g/mol. The Bertz CT molecular complexity index is 1750. The zero-order chi connectivity index (χ0) is 34.0. The Morgan fingerprint density at radius 3 is 1.94 bits per heavy atom. The molecule has 20 nitrogen and oxygen atoms in total. The molecule has 22 heteroatoms. The van der Waals surface area contributed by atoms with E-state index in [-0.39, 0.29) is 38.1 Å². The third-order valence-corrected chi connectivity index (χ3v) is 9.44. The maximum absolute atomic E-state index is 13.7. The van der Waals surface area contributed by atoms with Crippen LogP contribution >= 0.6 is 6.72 Å². The topological polar surface area (TPSA) is 256 Å². The zero-order valence-corrected chi connectivity index (χ0v) is 27.9. The van der Waals surface area contributed by atoms with Gasteiger partial charge in [0.05, 0.1) is 51.8 Å². The van der Waals surface area contributed by atoms with Gasteiger partial charge in [0, 0.05) is 14.2 Å². The van der Waals surface area contributed by atoms with E-state index >= 15 is 0 Å². The Kier molecular flexibility index (Phi) is 10.7. The predicted molar refractivity (Wildman–Crippen MR) is 167 cm³/mol. The van der Waals surface area contributed by atoms with Crippen LogP contribution in [0.15, 0.2) is 25.3 Å². The van der Waals surface area contributed by atoms with Gasteiger partial charge in [0.1, 0.15) is 60.9 Å². The van der Waals surface area contributed by atoms with Gasteiger partial charge in [-0.1, -0.05) is 11.8 Å². The Hall–Kier alpha value is -3.05. The summed E-state index contributed by atoms with van der Waals surface area (Å²) < 4.78 is 49.4. The van der Waals surface area contributed by atoms with Crippen LogP contribution in [0.5, 0.6) is 0 Å². The van der Waals surface area contributed by atoms with Gasteiger partial charge in [-0.25, -0.2) is 29.9 Å². The maximum Gasteiger partial charge on any atom is 0.167 e. The van der Waals surface area contributed by atoms with Gasteiger partial charge in [0.15, 0.2) is 35.4 Å². The molecule has 4 aromatic heterocycles. The third-order valence-electron chi connectivity index (χ3n) is 7.90. The quantitative estimate of drug-likeness (QED) is 0.0992. The second-order valence-corrected chi connectivity index (χ2v) is 13.6. The molecule has 6 rings (SSSR count). The van der Waals surface area contributed by atoms with Crippen molar-refractivity contribution in [2.75, 3.05) is 58.7 Å². The van der Waals surface area contributed by atoms with Gasteiger partial charge in [-0.05, 0) is 6.92 Å². The SMILES string of the molecule is COCCO[C@H]1C(OP([O-])(=S)OC[C@H]2O[C@@H](n3cnc4c(N)ncnc43)[C@@H](OCCOC)C2O)[C@@H](C)O[C@H]1n1cnc2c(N)ncnc21. The summed E-state index contributed by atoms with van der Waals surface area (Å²) in [7, 11) is 3.06. The third kappa shape index (κ3) is 6.99. The lowest BCUT2D eigenvalue weighted by molar-refractivity contribution is -0.218. The van der Waals surface area contributed by atoms with Crippen molar-refractivity contribution in [2.45, 2.75) is 56.0 Å². The zero-order valence-electron chi connectivity index (χ0n) is 26.2. The highest BCUT2D eigenvalue weighted by Crippen LogP contribution is 2.47. The number of nitrogens with two attached hydrogens (primary N) is 2. The van der Waals surface area contributed by atoms with Crippen molar-refractivity contribution in [1.29, 1.82) is 0 Å². The highest BCUT2D eigenvalue weighted by molar-refractivity contribution is 8.06. The molecule has 0 radical (unpaired) electrons. The first-order chi connectivity index (χ1) is 23.1. The van der Waals surface area contributed by atoms with Gasteiger partial charge in [-0.15, -0.1) is 0 Å². The highest BCUT2D eigenvalue weighted by atomic mass is 32.5.